The number of likely N-dealkylation sites (tertiary alicyclic amines) is 1. The maximum atomic E-state index is 13.5. The Hall–Kier alpha value is -0.800. The molecule has 0 aromatic rings. The fourth-order valence-electron chi connectivity index (χ4n) is 5.26. The van der Waals surface area contributed by atoms with E-state index in [0.717, 1.165) is 12.8 Å². The molecule has 2 N–H and O–H groups in total. The molecule has 3 rings (SSSR count). The SMILES string of the molecule is CCCC(C)NC(=O)C1N([C@H](C)CO)C(=O)[C@@H]2[C@H](C(=O)OCC)[C@H]3SC12CC3Br. The van der Waals surface area contributed by atoms with Gasteiger partial charge >= 0.3 is 5.97 Å². The number of esters is 1. The Morgan fingerprint density at radius 2 is 2.10 bits per heavy atom. The first-order valence-corrected chi connectivity index (χ1v) is 12.2. The number of aliphatic hydroxyl groups excluding tert-OH is 1. The molecule has 4 unspecified atom stereocenters. The normalized spacial score (nSPS) is 37.4. The van der Waals surface area contributed by atoms with E-state index in [1.807, 2.05) is 6.92 Å². The summed E-state index contributed by atoms with van der Waals surface area (Å²) in [5.41, 5.74) is 0. The van der Waals surface area contributed by atoms with Crippen molar-refractivity contribution in [2.45, 2.75) is 79.9 Å². The third-order valence-electron chi connectivity index (χ3n) is 6.38. The summed E-state index contributed by atoms with van der Waals surface area (Å²) in [6.45, 7) is 7.53. The number of fused-ring (bicyclic) bond motifs is 1. The zero-order chi connectivity index (χ0) is 21.5. The molecule has 2 amide bonds. The fraction of sp³-hybridized carbons (Fsp3) is 0.850. The second-order valence-electron chi connectivity index (χ2n) is 8.39. The number of nitrogens with one attached hydrogen (secondary N) is 1. The molecule has 2 bridgehead atoms. The van der Waals surface area contributed by atoms with Crippen LogP contribution in [-0.4, -0.2) is 74.0 Å². The second-order valence-corrected chi connectivity index (χ2v) is 11.1. The summed E-state index contributed by atoms with van der Waals surface area (Å²) in [6, 6.07) is -1.22. The molecular formula is C20H31BrN2O5S. The standard InChI is InChI=1S/C20H31BrN2O5S/c1-5-7-10(3)22-17(25)16-20-8-12(21)15(29-20)13(19(27)28-6-2)14(20)18(26)23(16)11(4)9-24/h10-16,24H,5-9H2,1-4H3,(H,22,25)/t10?,11-,12?,13+,14+,15+,16?,20?/m1/s1. The van der Waals surface area contributed by atoms with Crippen molar-refractivity contribution >= 4 is 45.5 Å². The molecule has 3 fully saturated rings. The van der Waals surface area contributed by atoms with Crippen LogP contribution in [0, 0.1) is 11.8 Å². The molecule has 3 aliphatic heterocycles. The molecule has 0 saturated carbocycles. The van der Waals surface area contributed by atoms with Gasteiger partial charge in [0.25, 0.3) is 0 Å². The molecular weight excluding hydrogens is 460 g/mol. The van der Waals surface area contributed by atoms with Crippen LogP contribution < -0.4 is 5.32 Å². The number of hydrogen-bond donors (Lipinski definition) is 2. The third-order valence-corrected chi connectivity index (χ3v) is 9.60. The van der Waals surface area contributed by atoms with Crippen LogP contribution >= 0.6 is 27.7 Å². The van der Waals surface area contributed by atoms with E-state index in [0.29, 0.717) is 6.42 Å². The molecule has 3 heterocycles. The van der Waals surface area contributed by atoms with Crippen molar-refractivity contribution in [3.05, 3.63) is 0 Å². The lowest BCUT2D eigenvalue weighted by molar-refractivity contribution is -0.154. The van der Waals surface area contributed by atoms with Gasteiger partial charge in [0.15, 0.2) is 0 Å². The van der Waals surface area contributed by atoms with E-state index >= 15 is 0 Å². The Morgan fingerprint density at radius 1 is 1.41 bits per heavy atom. The van der Waals surface area contributed by atoms with Gasteiger partial charge in [0.05, 0.1) is 35.8 Å². The Bertz CT molecular complexity index is 679. The number of carbonyl (C=O) groups is 3. The second kappa shape index (κ2) is 8.75. The zero-order valence-electron chi connectivity index (χ0n) is 17.4. The molecule has 0 radical (unpaired) electrons. The van der Waals surface area contributed by atoms with Gasteiger partial charge in [-0.25, -0.2) is 0 Å². The van der Waals surface area contributed by atoms with Gasteiger partial charge < -0.3 is 20.1 Å². The number of hydrogen-bond acceptors (Lipinski definition) is 6. The summed E-state index contributed by atoms with van der Waals surface area (Å²) in [4.78, 5) is 41.3. The highest BCUT2D eigenvalue weighted by molar-refractivity contribution is 9.09. The molecule has 8 atom stereocenters. The largest absolute Gasteiger partial charge is 0.466 e. The highest BCUT2D eigenvalue weighted by Crippen LogP contribution is 2.68. The monoisotopic (exact) mass is 490 g/mol. The first kappa shape index (κ1) is 22.9. The summed E-state index contributed by atoms with van der Waals surface area (Å²) in [5, 5.41) is 12.8. The topological polar surface area (TPSA) is 95.9 Å². The van der Waals surface area contributed by atoms with Crippen molar-refractivity contribution in [1.29, 1.82) is 0 Å². The first-order chi connectivity index (χ1) is 13.7. The molecule has 0 aromatic heterocycles. The molecule has 29 heavy (non-hydrogen) atoms. The van der Waals surface area contributed by atoms with E-state index < -0.39 is 28.7 Å². The summed E-state index contributed by atoms with van der Waals surface area (Å²) >= 11 is 5.27. The minimum Gasteiger partial charge on any atom is -0.466 e. The zero-order valence-corrected chi connectivity index (χ0v) is 19.8. The van der Waals surface area contributed by atoms with Crippen LogP contribution in [0.3, 0.4) is 0 Å². The van der Waals surface area contributed by atoms with E-state index in [1.165, 1.54) is 4.90 Å². The predicted molar refractivity (Wildman–Crippen MR) is 115 cm³/mol. The van der Waals surface area contributed by atoms with E-state index in [2.05, 4.69) is 28.2 Å². The van der Waals surface area contributed by atoms with Crippen molar-refractivity contribution < 1.29 is 24.2 Å². The Balaban J connectivity index is 2.01. The van der Waals surface area contributed by atoms with Gasteiger partial charge in [-0.2, -0.15) is 0 Å². The van der Waals surface area contributed by atoms with Crippen molar-refractivity contribution in [3.8, 4) is 0 Å². The van der Waals surface area contributed by atoms with Crippen LogP contribution in [-0.2, 0) is 19.1 Å². The molecule has 3 aliphatic rings. The van der Waals surface area contributed by atoms with Crippen LogP contribution in [0.15, 0.2) is 0 Å². The van der Waals surface area contributed by atoms with Crippen LogP contribution in [0.25, 0.3) is 0 Å². The molecule has 9 heteroatoms. The highest BCUT2D eigenvalue weighted by atomic mass is 79.9. The van der Waals surface area contributed by atoms with Gasteiger partial charge in [-0.15, -0.1) is 11.8 Å². The molecule has 7 nitrogen and oxygen atoms in total. The van der Waals surface area contributed by atoms with Crippen molar-refractivity contribution in [3.63, 3.8) is 0 Å². The number of ether oxygens (including phenoxy) is 1. The number of thioether (sulfide) groups is 1. The number of nitrogens with zero attached hydrogens (tertiary/aromatic N) is 1. The lowest BCUT2D eigenvalue weighted by Gasteiger charge is -2.37. The minimum atomic E-state index is -0.712. The number of alkyl halides is 1. The lowest BCUT2D eigenvalue weighted by Crippen LogP contribution is -2.57. The summed E-state index contributed by atoms with van der Waals surface area (Å²) in [5.74, 6) is -1.96. The van der Waals surface area contributed by atoms with E-state index in [9.17, 15) is 19.5 Å². The van der Waals surface area contributed by atoms with Gasteiger partial charge in [-0.05, 0) is 33.6 Å². The molecule has 0 aromatic carbocycles. The van der Waals surface area contributed by atoms with Crippen molar-refractivity contribution in [2.24, 2.45) is 11.8 Å². The number of aliphatic hydroxyl groups is 1. The third kappa shape index (κ3) is 3.61. The van der Waals surface area contributed by atoms with Gasteiger partial charge in [-0.1, -0.05) is 29.3 Å². The summed E-state index contributed by atoms with van der Waals surface area (Å²) in [6.07, 6.45) is 2.42. The molecule has 1 spiro atoms. The smallest absolute Gasteiger partial charge is 0.310 e. The van der Waals surface area contributed by atoms with Crippen LogP contribution in [0.5, 0.6) is 0 Å². The quantitative estimate of drug-likeness (QED) is 0.397. The number of halogens is 1. The van der Waals surface area contributed by atoms with Gasteiger partial charge in [-0.3, -0.25) is 14.4 Å². The molecule has 3 saturated heterocycles. The van der Waals surface area contributed by atoms with E-state index in [-0.39, 0.29) is 47.1 Å². The van der Waals surface area contributed by atoms with E-state index in [4.69, 9.17) is 4.74 Å². The summed E-state index contributed by atoms with van der Waals surface area (Å²) < 4.78 is 4.61. The highest BCUT2D eigenvalue weighted by Gasteiger charge is 2.76. The lowest BCUT2D eigenvalue weighted by atomic mass is 9.71. The van der Waals surface area contributed by atoms with Gasteiger partial charge in [0.1, 0.15) is 6.04 Å². The average Bonchev–Trinajstić information content (AvgIpc) is 3.25. The Labute approximate surface area is 184 Å². The molecule has 164 valence electrons. The fourth-order valence-corrected chi connectivity index (χ4v) is 8.85. The maximum absolute atomic E-state index is 13.5. The van der Waals surface area contributed by atoms with Crippen LogP contribution in [0.2, 0.25) is 0 Å². The molecule has 0 aliphatic carbocycles. The predicted octanol–water partition coefficient (Wildman–Crippen LogP) is 1.70. The Kier molecular flexibility index (Phi) is 6.90. The van der Waals surface area contributed by atoms with Gasteiger partial charge in [0, 0.05) is 16.1 Å². The van der Waals surface area contributed by atoms with Crippen LogP contribution in [0.1, 0.15) is 47.0 Å². The maximum Gasteiger partial charge on any atom is 0.310 e. The van der Waals surface area contributed by atoms with E-state index in [1.54, 1.807) is 25.6 Å². The first-order valence-electron chi connectivity index (χ1n) is 10.4. The number of carbonyl (C=O) groups excluding carboxylic acids is 3. The average molecular weight is 491 g/mol. The Morgan fingerprint density at radius 3 is 2.69 bits per heavy atom. The number of amides is 2. The number of rotatable bonds is 8. The minimum absolute atomic E-state index is 0.00596. The van der Waals surface area contributed by atoms with Crippen molar-refractivity contribution in [2.75, 3.05) is 13.2 Å². The van der Waals surface area contributed by atoms with Crippen LogP contribution in [0.4, 0.5) is 0 Å². The van der Waals surface area contributed by atoms with Crippen molar-refractivity contribution in [1.82, 2.24) is 10.2 Å². The van der Waals surface area contributed by atoms with Gasteiger partial charge in [0.2, 0.25) is 11.8 Å². The summed E-state index contributed by atoms with van der Waals surface area (Å²) in [7, 11) is 0.